The van der Waals surface area contributed by atoms with Crippen LogP contribution in [0.5, 0.6) is 0 Å². The number of morpholine rings is 1. The number of hydrogen-bond acceptors (Lipinski definition) is 3. The van der Waals surface area contributed by atoms with E-state index in [0.717, 1.165) is 6.07 Å². The average Bonchev–Trinajstić information content (AvgIpc) is 2.35. The van der Waals surface area contributed by atoms with Crippen LogP contribution in [0.25, 0.3) is 0 Å². The molecule has 1 aliphatic rings. The summed E-state index contributed by atoms with van der Waals surface area (Å²) in [7, 11) is 0. The molecule has 0 radical (unpaired) electrons. The molecule has 1 aromatic rings. The van der Waals surface area contributed by atoms with Crippen LogP contribution in [0.2, 0.25) is 0 Å². The lowest BCUT2D eigenvalue weighted by molar-refractivity contribution is -0.0106. The highest BCUT2D eigenvalue weighted by Crippen LogP contribution is 2.26. The molecule has 3 nitrogen and oxygen atoms in total. The zero-order chi connectivity index (χ0) is 13.3. The highest BCUT2D eigenvalue weighted by atomic mass is 19.2. The predicted molar refractivity (Wildman–Crippen MR) is 61.9 cm³/mol. The maximum Gasteiger partial charge on any atom is 0.196 e. The Morgan fingerprint density at radius 3 is 2.67 bits per heavy atom. The summed E-state index contributed by atoms with van der Waals surface area (Å²) in [5.74, 6) is -3.80. The van der Waals surface area contributed by atoms with E-state index in [1.165, 1.54) is 6.07 Å². The first-order valence-electron chi connectivity index (χ1n) is 5.77. The van der Waals surface area contributed by atoms with E-state index in [9.17, 15) is 13.2 Å². The van der Waals surface area contributed by atoms with E-state index in [1.54, 1.807) is 4.90 Å². The smallest absolute Gasteiger partial charge is 0.196 e. The number of hydrogen-bond donors (Lipinski definition) is 1. The van der Waals surface area contributed by atoms with E-state index in [-0.39, 0.29) is 17.9 Å². The van der Waals surface area contributed by atoms with Crippen molar-refractivity contribution in [3.63, 3.8) is 0 Å². The second-order valence-electron chi connectivity index (χ2n) is 4.40. The quantitative estimate of drug-likeness (QED) is 0.822. The van der Waals surface area contributed by atoms with Crippen LogP contribution in [-0.2, 0) is 4.74 Å². The summed E-state index contributed by atoms with van der Waals surface area (Å²) in [6.45, 7) is 2.90. The molecule has 2 N–H and O–H groups in total. The first kappa shape index (κ1) is 13.2. The Labute approximate surface area is 103 Å². The van der Waals surface area contributed by atoms with Crippen molar-refractivity contribution in [2.75, 3.05) is 24.5 Å². The molecule has 0 aromatic heterocycles. The van der Waals surface area contributed by atoms with Crippen molar-refractivity contribution in [1.82, 2.24) is 0 Å². The lowest BCUT2D eigenvalue weighted by Crippen LogP contribution is -2.49. The van der Waals surface area contributed by atoms with E-state index in [0.29, 0.717) is 19.6 Å². The summed E-state index contributed by atoms with van der Waals surface area (Å²) >= 11 is 0. The third-order valence-electron chi connectivity index (χ3n) is 2.94. The minimum Gasteiger partial charge on any atom is -0.370 e. The lowest BCUT2D eigenvalue weighted by atomic mass is 10.1. The molecule has 1 heterocycles. The third kappa shape index (κ3) is 2.44. The molecule has 2 unspecified atom stereocenters. The van der Waals surface area contributed by atoms with Crippen molar-refractivity contribution in [3.8, 4) is 0 Å². The number of nitrogens with two attached hydrogens (primary N) is 1. The second-order valence-corrected chi connectivity index (χ2v) is 4.40. The molecular formula is C12H15F3N2O. The minimum atomic E-state index is -1.45. The fourth-order valence-corrected chi connectivity index (χ4v) is 2.13. The summed E-state index contributed by atoms with van der Waals surface area (Å²) < 4.78 is 45.3. The lowest BCUT2D eigenvalue weighted by Gasteiger charge is -2.37. The first-order valence-corrected chi connectivity index (χ1v) is 5.77. The van der Waals surface area contributed by atoms with Crippen molar-refractivity contribution < 1.29 is 17.9 Å². The van der Waals surface area contributed by atoms with Gasteiger partial charge in [0, 0.05) is 19.6 Å². The highest BCUT2D eigenvalue weighted by Gasteiger charge is 2.27. The van der Waals surface area contributed by atoms with Crippen LogP contribution in [0.4, 0.5) is 18.9 Å². The van der Waals surface area contributed by atoms with Gasteiger partial charge in [-0.15, -0.1) is 0 Å². The van der Waals surface area contributed by atoms with Gasteiger partial charge in [-0.1, -0.05) is 0 Å². The molecule has 0 amide bonds. The Balaban J connectivity index is 2.28. The Morgan fingerprint density at radius 2 is 2.00 bits per heavy atom. The van der Waals surface area contributed by atoms with Crippen molar-refractivity contribution in [3.05, 3.63) is 29.6 Å². The Bertz CT molecular complexity index is 442. The van der Waals surface area contributed by atoms with Gasteiger partial charge in [0.2, 0.25) is 0 Å². The van der Waals surface area contributed by atoms with Crippen LogP contribution >= 0.6 is 0 Å². The van der Waals surface area contributed by atoms with Gasteiger partial charge >= 0.3 is 0 Å². The number of nitrogens with zero attached hydrogens (tertiary/aromatic N) is 1. The van der Waals surface area contributed by atoms with Crippen molar-refractivity contribution in [2.24, 2.45) is 5.73 Å². The monoisotopic (exact) mass is 260 g/mol. The molecule has 1 aliphatic heterocycles. The molecule has 2 rings (SSSR count). The molecule has 1 fully saturated rings. The summed E-state index contributed by atoms with van der Waals surface area (Å²) in [5.41, 5.74) is 5.56. The van der Waals surface area contributed by atoms with Gasteiger partial charge in [-0.25, -0.2) is 13.2 Å². The van der Waals surface area contributed by atoms with Crippen molar-refractivity contribution in [1.29, 1.82) is 0 Å². The Kier molecular flexibility index (Phi) is 3.77. The molecule has 2 atom stereocenters. The molecule has 1 aromatic carbocycles. The van der Waals surface area contributed by atoms with Crippen LogP contribution < -0.4 is 10.6 Å². The van der Waals surface area contributed by atoms with E-state index < -0.39 is 17.5 Å². The molecular weight excluding hydrogens is 245 g/mol. The number of benzene rings is 1. The maximum atomic E-state index is 13.7. The van der Waals surface area contributed by atoms with Gasteiger partial charge < -0.3 is 15.4 Å². The number of rotatable bonds is 2. The maximum absolute atomic E-state index is 13.7. The van der Waals surface area contributed by atoms with E-state index in [4.69, 9.17) is 10.5 Å². The second kappa shape index (κ2) is 5.16. The topological polar surface area (TPSA) is 38.5 Å². The Hall–Kier alpha value is -1.27. The van der Waals surface area contributed by atoms with Gasteiger partial charge in [-0.3, -0.25) is 0 Å². The van der Waals surface area contributed by atoms with Crippen LogP contribution in [0.3, 0.4) is 0 Å². The minimum absolute atomic E-state index is 0.0440. The molecule has 100 valence electrons. The summed E-state index contributed by atoms with van der Waals surface area (Å²) in [6, 6.07) is 2.16. The SMILES string of the molecule is CC1CN(c2ccc(F)c(F)c2F)CC(CN)O1. The summed E-state index contributed by atoms with van der Waals surface area (Å²) in [5, 5.41) is 0. The summed E-state index contributed by atoms with van der Waals surface area (Å²) in [6.07, 6.45) is -0.374. The fourth-order valence-electron chi connectivity index (χ4n) is 2.13. The largest absolute Gasteiger partial charge is 0.370 e. The molecule has 0 spiro atoms. The van der Waals surface area contributed by atoms with Crippen LogP contribution in [0, 0.1) is 17.5 Å². The van der Waals surface area contributed by atoms with E-state index >= 15 is 0 Å². The molecule has 0 bridgehead atoms. The van der Waals surface area contributed by atoms with Crippen molar-refractivity contribution >= 4 is 5.69 Å². The fraction of sp³-hybridized carbons (Fsp3) is 0.500. The zero-order valence-corrected chi connectivity index (χ0v) is 10.00. The Morgan fingerprint density at radius 1 is 1.28 bits per heavy atom. The number of anilines is 1. The number of ether oxygens (including phenoxy) is 1. The summed E-state index contributed by atoms with van der Waals surface area (Å²) in [4.78, 5) is 1.63. The van der Waals surface area contributed by atoms with Gasteiger partial charge in [-0.05, 0) is 19.1 Å². The van der Waals surface area contributed by atoms with Gasteiger partial charge in [0.25, 0.3) is 0 Å². The molecule has 0 aliphatic carbocycles. The molecule has 6 heteroatoms. The first-order chi connectivity index (χ1) is 8.52. The normalized spacial score (nSPS) is 24.4. The van der Waals surface area contributed by atoms with Crippen LogP contribution in [0.1, 0.15) is 6.92 Å². The van der Waals surface area contributed by atoms with E-state index in [2.05, 4.69) is 0 Å². The predicted octanol–water partition coefficient (Wildman–Crippen LogP) is 1.66. The average molecular weight is 260 g/mol. The molecule has 1 saturated heterocycles. The third-order valence-corrected chi connectivity index (χ3v) is 2.94. The van der Waals surface area contributed by atoms with Crippen LogP contribution in [-0.4, -0.2) is 31.8 Å². The zero-order valence-electron chi connectivity index (χ0n) is 10.00. The van der Waals surface area contributed by atoms with Crippen LogP contribution in [0.15, 0.2) is 12.1 Å². The molecule has 0 saturated carbocycles. The van der Waals surface area contributed by atoms with Gasteiger partial charge in [-0.2, -0.15) is 0 Å². The van der Waals surface area contributed by atoms with E-state index in [1.807, 2.05) is 6.92 Å². The van der Waals surface area contributed by atoms with Crippen molar-refractivity contribution in [2.45, 2.75) is 19.1 Å². The van der Waals surface area contributed by atoms with Gasteiger partial charge in [0.15, 0.2) is 17.5 Å². The number of halogens is 3. The standard InChI is InChI=1S/C12H15F3N2O/c1-7-5-17(6-8(4-16)18-7)10-3-2-9(13)11(14)12(10)15/h2-3,7-8H,4-6,16H2,1H3. The molecule has 18 heavy (non-hydrogen) atoms. The highest BCUT2D eigenvalue weighted by molar-refractivity contribution is 5.49. The van der Waals surface area contributed by atoms with Gasteiger partial charge in [0.05, 0.1) is 17.9 Å². The van der Waals surface area contributed by atoms with Gasteiger partial charge in [0.1, 0.15) is 0 Å².